The maximum atomic E-state index is 11.4. The summed E-state index contributed by atoms with van der Waals surface area (Å²) in [5.74, 6) is 0.588. The van der Waals surface area contributed by atoms with Crippen LogP contribution in [0.15, 0.2) is 60.7 Å². The van der Waals surface area contributed by atoms with Crippen molar-refractivity contribution >= 4 is 59.6 Å². The van der Waals surface area contributed by atoms with E-state index in [0.717, 1.165) is 12.0 Å². The van der Waals surface area contributed by atoms with Crippen LogP contribution in [0.1, 0.15) is 11.7 Å². The number of rotatable bonds is 9. The van der Waals surface area contributed by atoms with Crippen LogP contribution in [0, 0.1) is 0 Å². The monoisotopic (exact) mass is 508 g/mol. The molecule has 0 saturated heterocycles. The van der Waals surface area contributed by atoms with Gasteiger partial charge in [0, 0.05) is 33.3 Å². The molecular weight excluding hydrogens is 484 g/mol. The minimum Gasteiger partial charge on any atom is -0.506 e. The van der Waals surface area contributed by atoms with Gasteiger partial charge in [-0.05, 0) is 42.0 Å². The first-order chi connectivity index (χ1) is 15.3. The highest BCUT2D eigenvalue weighted by molar-refractivity contribution is 7.92. The third-order valence-corrected chi connectivity index (χ3v) is 6.66. The van der Waals surface area contributed by atoms with E-state index >= 15 is 0 Å². The van der Waals surface area contributed by atoms with Gasteiger partial charge in [0.2, 0.25) is 10.0 Å². The van der Waals surface area contributed by atoms with Crippen LogP contribution in [0.4, 0.5) is 5.69 Å². The van der Waals surface area contributed by atoms with Crippen LogP contribution in [-0.4, -0.2) is 44.6 Å². The van der Waals surface area contributed by atoms with Gasteiger partial charge in [-0.1, -0.05) is 24.3 Å². The number of sulfonamides is 1. The fourth-order valence-electron chi connectivity index (χ4n) is 3.44. The molecule has 0 bridgehead atoms. The topological polar surface area (TPSA) is 108 Å². The van der Waals surface area contributed by atoms with Gasteiger partial charge in [0.25, 0.3) is 0 Å². The lowest BCUT2D eigenvalue weighted by Crippen LogP contribution is -2.26. The molecule has 4 rings (SSSR count). The molecule has 0 fully saturated rings. The largest absolute Gasteiger partial charge is 0.506 e. The fraction of sp³-hybridized carbons (Fsp3) is 0.217. The molecule has 0 amide bonds. The average Bonchev–Trinajstić information content (AvgIpc) is 3.11. The molecular formula is C23H25ClN2O5S2. The van der Waals surface area contributed by atoms with Gasteiger partial charge >= 0.3 is 0 Å². The number of nitrogens with one attached hydrogen (secondary N) is 2. The Bertz CT molecular complexity index is 1360. The lowest BCUT2D eigenvalue weighted by atomic mass is 10.1. The van der Waals surface area contributed by atoms with Crippen molar-refractivity contribution in [3.05, 3.63) is 66.2 Å². The van der Waals surface area contributed by atoms with Crippen molar-refractivity contribution in [2.24, 2.45) is 0 Å². The first kappa shape index (κ1) is 25.1. The van der Waals surface area contributed by atoms with Gasteiger partial charge in [-0.25, -0.2) is 8.42 Å². The van der Waals surface area contributed by atoms with Crippen LogP contribution in [0.5, 0.6) is 11.5 Å². The molecule has 33 heavy (non-hydrogen) atoms. The average molecular weight is 509 g/mol. The molecule has 1 unspecified atom stereocenters. The summed E-state index contributed by atoms with van der Waals surface area (Å²) in [7, 11) is -3.54. The zero-order chi connectivity index (χ0) is 22.7. The van der Waals surface area contributed by atoms with Gasteiger partial charge in [0.05, 0.1) is 18.0 Å². The Kier molecular flexibility index (Phi) is 8.04. The number of hydrogen-bond acceptors (Lipinski definition) is 7. The molecule has 176 valence electrons. The summed E-state index contributed by atoms with van der Waals surface area (Å²) in [5.41, 5.74) is 0.515. The van der Waals surface area contributed by atoms with E-state index in [4.69, 9.17) is 4.74 Å². The van der Waals surface area contributed by atoms with E-state index in [1.165, 1.54) is 32.3 Å². The Morgan fingerprint density at radius 1 is 1.03 bits per heavy atom. The molecule has 7 nitrogen and oxygen atoms in total. The molecule has 1 heterocycles. The molecule has 10 heteroatoms. The van der Waals surface area contributed by atoms with Crippen molar-refractivity contribution in [2.75, 3.05) is 30.7 Å². The summed E-state index contributed by atoms with van der Waals surface area (Å²) in [6.07, 6.45) is 0.126. The van der Waals surface area contributed by atoms with Gasteiger partial charge in [-0.3, -0.25) is 4.72 Å². The Morgan fingerprint density at radius 3 is 2.58 bits per heavy atom. The summed E-state index contributed by atoms with van der Waals surface area (Å²) in [6.45, 7) is 1.20. The Hall–Kier alpha value is -2.56. The van der Waals surface area contributed by atoms with Crippen LogP contribution >= 0.6 is 23.7 Å². The number of fused-ring (bicyclic) bond motifs is 3. The van der Waals surface area contributed by atoms with Crippen molar-refractivity contribution < 1.29 is 23.4 Å². The Morgan fingerprint density at radius 2 is 1.79 bits per heavy atom. The molecule has 4 N–H and O–H groups in total. The summed E-state index contributed by atoms with van der Waals surface area (Å²) in [5, 5.41) is 25.8. The predicted molar refractivity (Wildman–Crippen MR) is 136 cm³/mol. The van der Waals surface area contributed by atoms with Crippen LogP contribution in [0.25, 0.3) is 20.2 Å². The van der Waals surface area contributed by atoms with Crippen LogP contribution < -0.4 is 14.8 Å². The number of ether oxygens (including phenoxy) is 1. The first-order valence-corrected chi connectivity index (χ1v) is 12.7. The normalized spacial score (nSPS) is 12.4. The van der Waals surface area contributed by atoms with Gasteiger partial charge in [-0.15, -0.1) is 23.7 Å². The lowest BCUT2D eigenvalue weighted by Gasteiger charge is -2.15. The molecule has 1 aromatic heterocycles. The third-order valence-electron chi connectivity index (χ3n) is 4.94. The van der Waals surface area contributed by atoms with E-state index < -0.39 is 16.1 Å². The number of aliphatic hydroxyl groups excluding tert-OH is 1. The maximum absolute atomic E-state index is 11.4. The molecule has 0 radical (unpaired) electrons. The quantitative estimate of drug-likeness (QED) is 0.199. The summed E-state index contributed by atoms with van der Waals surface area (Å²) in [6, 6.07) is 18.7. The molecule has 0 aliphatic carbocycles. The third kappa shape index (κ3) is 6.27. The number of aliphatic hydroxyl groups is 1. The van der Waals surface area contributed by atoms with Crippen LogP contribution in [-0.2, 0) is 10.0 Å². The highest BCUT2D eigenvalue weighted by Crippen LogP contribution is 2.35. The molecule has 0 saturated carbocycles. The van der Waals surface area contributed by atoms with Crippen molar-refractivity contribution in [2.45, 2.75) is 6.10 Å². The van der Waals surface area contributed by atoms with E-state index in [2.05, 4.69) is 28.2 Å². The van der Waals surface area contributed by atoms with E-state index in [1.807, 2.05) is 24.3 Å². The van der Waals surface area contributed by atoms with Gasteiger partial charge in [-0.2, -0.15) is 0 Å². The molecule has 4 aromatic rings. The number of anilines is 1. The maximum Gasteiger partial charge on any atom is 0.229 e. The highest BCUT2D eigenvalue weighted by Gasteiger charge is 2.13. The summed E-state index contributed by atoms with van der Waals surface area (Å²) >= 11 is 1.74. The fourth-order valence-corrected chi connectivity index (χ4v) is 5.13. The number of thiophene rings is 1. The predicted octanol–water partition coefficient (Wildman–Crippen LogP) is 4.26. The van der Waals surface area contributed by atoms with Crippen molar-refractivity contribution in [1.29, 1.82) is 0 Å². The second kappa shape index (κ2) is 10.6. The number of aromatic hydroxyl groups is 1. The van der Waals surface area contributed by atoms with Crippen LogP contribution in [0.2, 0.25) is 0 Å². The van der Waals surface area contributed by atoms with Crippen molar-refractivity contribution in [1.82, 2.24) is 5.32 Å². The molecule has 3 aromatic carbocycles. The van der Waals surface area contributed by atoms with Gasteiger partial charge < -0.3 is 20.3 Å². The number of halogens is 1. The molecule has 0 spiro atoms. The zero-order valence-electron chi connectivity index (χ0n) is 17.8. The summed E-state index contributed by atoms with van der Waals surface area (Å²) in [4.78, 5) is 0. The van der Waals surface area contributed by atoms with Crippen molar-refractivity contribution in [3.8, 4) is 11.5 Å². The molecule has 1 atom stereocenters. The standard InChI is InChI=1S/C23H24N2O5S2.ClH/c1-32(28,29)25-19-12-15(6-9-20(19)26)21(27)14-24-10-11-30-16-7-8-18-17-4-2-3-5-22(17)31-23(18)13-16;/h2-9,12-13,21,24-27H,10-11,14H2,1H3;1H. The molecule has 0 aliphatic rings. The Labute approximate surface area is 202 Å². The van der Waals surface area contributed by atoms with E-state index in [9.17, 15) is 18.6 Å². The lowest BCUT2D eigenvalue weighted by molar-refractivity contribution is 0.172. The SMILES string of the molecule is CS(=O)(=O)Nc1cc(C(O)CNCCOc2ccc3c(c2)sc2ccccc23)ccc1O.Cl. The second-order valence-electron chi connectivity index (χ2n) is 7.48. The number of phenols is 1. The van der Waals surface area contributed by atoms with E-state index in [1.54, 1.807) is 17.4 Å². The minimum absolute atomic E-state index is 0. The first-order valence-electron chi connectivity index (χ1n) is 10.0. The van der Waals surface area contributed by atoms with Crippen LogP contribution in [0.3, 0.4) is 0 Å². The summed E-state index contributed by atoms with van der Waals surface area (Å²) < 4.78 is 33.3. The minimum atomic E-state index is -3.54. The number of hydrogen-bond donors (Lipinski definition) is 4. The highest BCUT2D eigenvalue weighted by atomic mass is 35.5. The van der Waals surface area contributed by atoms with Crippen molar-refractivity contribution in [3.63, 3.8) is 0 Å². The van der Waals surface area contributed by atoms with Gasteiger partial charge in [0.15, 0.2) is 0 Å². The number of benzene rings is 3. The van der Waals surface area contributed by atoms with E-state index in [-0.39, 0.29) is 30.4 Å². The second-order valence-corrected chi connectivity index (χ2v) is 10.3. The Balaban J connectivity index is 0.00000306. The van der Waals surface area contributed by atoms with E-state index in [0.29, 0.717) is 18.7 Å². The molecule has 0 aliphatic heterocycles. The zero-order valence-corrected chi connectivity index (χ0v) is 20.3. The van der Waals surface area contributed by atoms with Gasteiger partial charge in [0.1, 0.15) is 18.1 Å². The number of phenolic OH excluding ortho intramolecular Hbond substituents is 1. The smallest absolute Gasteiger partial charge is 0.229 e.